The molecule has 0 saturated carbocycles. The van der Waals surface area contributed by atoms with Gasteiger partial charge in [0.05, 0.1) is 11.6 Å². The summed E-state index contributed by atoms with van der Waals surface area (Å²) in [4.78, 5) is 27.4. The summed E-state index contributed by atoms with van der Waals surface area (Å²) in [6.45, 7) is 6.87. The van der Waals surface area contributed by atoms with Gasteiger partial charge in [0, 0.05) is 25.8 Å². The highest BCUT2D eigenvalue weighted by Crippen LogP contribution is 2.39. The molecule has 1 fully saturated rings. The molecule has 0 unspecified atom stereocenters. The fourth-order valence-electron chi connectivity index (χ4n) is 3.79. The lowest BCUT2D eigenvalue weighted by Gasteiger charge is -2.25. The summed E-state index contributed by atoms with van der Waals surface area (Å²) in [7, 11) is 1.59. The molecule has 6 heteroatoms. The predicted octanol–water partition coefficient (Wildman–Crippen LogP) is 4.27. The van der Waals surface area contributed by atoms with Gasteiger partial charge < -0.3 is 19.5 Å². The molecule has 1 heterocycles. The van der Waals surface area contributed by atoms with E-state index in [0.29, 0.717) is 37.5 Å². The Balaban J connectivity index is 2.03. The zero-order valence-electron chi connectivity index (χ0n) is 18.5. The van der Waals surface area contributed by atoms with Gasteiger partial charge in [0.2, 0.25) is 0 Å². The number of hydrogen-bond donors (Lipinski definition) is 1. The van der Waals surface area contributed by atoms with E-state index in [-0.39, 0.29) is 11.3 Å². The van der Waals surface area contributed by atoms with Crippen LogP contribution in [-0.4, -0.2) is 48.6 Å². The third kappa shape index (κ3) is 4.92. The number of carbonyl (C=O) groups is 2. The van der Waals surface area contributed by atoms with Gasteiger partial charge in [-0.3, -0.25) is 9.59 Å². The molecule has 0 aliphatic carbocycles. The average molecular weight is 436 g/mol. The first-order valence-electron chi connectivity index (χ1n) is 10.7. The number of aliphatic hydroxyl groups is 1. The van der Waals surface area contributed by atoms with Crippen LogP contribution in [0.2, 0.25) is 0 Å². The Morgan fingerprint density at radius 2 is 1.81 bits per heavy atom. The number of benzene rings is 2. The van der Waals surface area contributed by atoms with E-state index in [1.165, 1.54) is 4.90 Å². The van der Waals surface area contributed by atoms with Crippen LogP contribution in [0.3, 0.4) is 0 Å². The Morgan fingerprint density at radius 1 is 1.12 bits per heavy atom. The van der Waals surface area contributed by atoms with E-state index in [0.717, 1.165) is 17.5 Å². The Bertz CT molecular complexity index is 992. The maximum Gasteiger partial charge on any atom is 0.295 e. The van der Waals surface area contributed by atoms with Crippen molar-refractivity contribution in [1.82, 2.24) is 4.90 Å². The summed E-state index contributed by atoms with van der Waals surface area (Å²) in [5.74, 6) is -0.875. The van der Waals surface area contributed by atoms with Crippen LogP contribution in [0.25, 0.3) is 5.76 Å². The zero-order chi connectivity index (χ0) is 23.1. The Labute approximate surface area is 188 Å². The Kier molecular flexibility index (Phi) is 7.84. The fourth-order valence-corrected chi connectivity index (χ4v) is 3.79. The molecule has 2 aromatic rings. The SMILES string of the molecule is C=CCOc1ccc(C(O)=C2C(=O)C(=O)N(CCCOC)[C@H]2c2ccc(CC)cc2)cc1. The predicted molar refractivity (Wildman–Crippen MR) is 123 cm³/mol. The van der Waals surface area contributed by atoms with Gasteiger partial charge in [0.1, 0.15) is 18.1 Å². The quantitative estimate of drug-likeness (QED) is 0.198. The van der Waals surface area contributed by atoms with Crippen LogP contribution in [0.1, 0.15) is 36.1 Å². The first-order valence-corrected chi connectivity index (χ1v) is 10.7. The number of ether oxygens (including phenoxy) is 2. The molecule has 1 amide bonds. The van der Waals surface area contributed by atoms with Crippen LogP contribution in [0.4, 0.5) is 0 Å². The zero-order valence-corrected chi connectivity index (χ0v) is 18.5. The molecule has 3 rings (SSSR count). The van der Waals surface area contributed by atoms with Crippen molar-refractivity contribution < 1.29 is 24.2 Å². The van der Waals surface area contributed by atoms with Crippen molar-refractivity contribution in [1.29, 1.82) is 0 Å². The van der Waals surface area contributed by atoms with E-state index in [9.17, 15) is 14.7 Å². The van der Waals surface area contributed by atoms with Gasteiger partial charge in [-0.2, -0.15) is 0 Å². The molecule has 0 spiro atoms. The standard InChI is InChI=1S/C26H29NO5/c1-4-16-32-21-13-11-20(12-14-21)24(28)22-23(19-9-7-18(5-2)8-10-19)27(15-6-17-31-3)26(30)25(22)29/h4,7-14,23,28H,1,5-6,15-17H2,2-3H3/t23-/m0/s1. The van der Waals surface area contributed by atoms with Crippen LogP contribution >= 0.6 is 0 Å². The lowest BCUT2D eigenvalue weighted by molar-refractivity contribution is -0.140. The van der Waals surface area contributed by atoms with Gasteiger partial charge >= 0.3 is 0 Å². The molecule has 32 heavy (non-hydrogen) atoms. The van der Waals surface area contributed by atoms with Crippen LogP contribution in [0.5, 0.6) is 5.75 Å². The van der Waals surface area contributed by atoms with Crippen LogP contribution in [-0.2, 0) is 20.7 Å². The summed E-state index contributed by atoms with van der Waals surface area (Å²) < 4.78 is 10.6. The van der Waals surface area contributed by atoms with E-state index in [1.54, 1.807) is 37.5 Å². The minimum Gasteiger partial charge on any atom is -0.507 e. The molecule has 2 aromatic carbocycles. The number of methoxy groups -OCH3 is 1. The highest BCUT2D eigenvalue weighted by Gasteiger charge is 2.45. The molecule has 0 radical (unpaired) electrons. The van der Waals surface area contributed by atoms with E-state index in [4.69, 9.17) is 9.47 Å². The molecule has 1 aliphatic heterocycles. The summed E-state index contributed by atoms with van der Waals surface area (Å²) in [6.07, 6.45) is 3.11. The van der Waals surface area contributed by atoms with E-state index in [2.05, 4.69) is 13.5 Å². The number of hydrogen-bond acceptors (Lipinski definition) is 5. The van der Waals surface area contributed by atoms with Gasteiger partial charge in [0.15, 0.2) is 0 Å². The monoisotopic (exact) mass is 435 g/mol. The van der Waals surface area contributed by atoms with Gasteiger partial charge in [-0.15, -0.1) is 0 Å². The minimum absolute atomic E-state index is 0.0939. The lowest BCUT2D eigenvalue weighted by Crippen LogP contribution is -2.31. The Hall–Kier alpha value is -3.38. The third-order valence-electron chi connectivity index (χ3n) is 5.49. The smallest absolute Gasteiger partial charge is 0.295 e. The largest absolute Gasteiger partial charge is 0.507 e. The van der Waals surface area contributed by atoms with Gasteiger partial charge in [0.25, 0.3) is 11.7 Å². The third-order valence-corrected chi connectivity index (χ3v) is 5.49. The number of aryl methyl sites for hydroxylation is 1. The molecule has 6 nitrogen and oxygen atoms in total. The molecular formula is C26H29NO5. The highest BCUT2D eigenvalue weighted by molar-refractivity contribution is 6.46. The van der Waals surface area contributed by atoms with Crippen LogP contribution < -0.4 is 4.74 Å². The number of amides is 1. The molecule has 1 aliphatic rings. The Morgan fingerprint density at radius 3 is 2.41 bits per heavy atom. The summed E-state index contributed by atoms with van der Waals surface area (Å²) in [5, 5.41) is 11.1. The average Bonchev–Trinajstić information content (AvgIpc) is 3.08. The summed E-state index contributed by atoms with van der Waals surface area (Å²) in [6, 6.07) is 13.9. The van der Waals surface area contributed by atoms with Crippen molar-refractivity contribution in [2.75, 3.05) is 26.9 Å². The van der Waals surface area contributed by atoms with Crippen molar-refractivity contribution in [3.63, 3.8) is 0 Å². The topological polar surface area (TPSA) is 76.1 Å². The second-order valence-corrected chi connectivity index (χ2v) is 7.56. The van der Waals surface area contributed by atoms with Crippen LogP contribution in [0.15, 0.2) is 66.8 Å². The van der Waals surface area contributed by atoms with E-state index < -0.39 is 17.7 Å². The molecule has 0 bridgehead atoms. The molecule has 1 saturated heterocycles. The lowest BCUT2D eigenvalue weighted by atomic mass is 9.94. The maximum absolute atomic E-state index is 13.0. The molecular weight excluding hydrogens is 406 g/mol. The van der Waals surface area contributed by atoms with Crippen molar-refractivity contribution in [2.24, 2.45) is 0 Å². The number of likely N-dealkylation sites (tertiary alicyclic amines) is 1. The maximum atomic E-state index is 13.0. The van der Waals surface area contributed by atoms with Crippen molar-refractivity contribution in [2.45, 2.75) is 25.8 Å². The van der Waals surface area contributed by atoms with Gasteiger partial charge in [-0.25, -0.2) is 0 Å². The number of nitrogens with zero attached hydrogens (tertiary/aromatic N) is 1. The van der Waals surface area contributed by atoms with Crippen LogP contribution in [0, 0.1) is 0 Å². The van der Waals surface area contributed by atoms with Crippen molar-refractivity contribution in [3.8, 4) is 5.75 Å². The molecule has 0 aromatic heterocycles. The van der Waals surface area contributed by atoms with Crippen molar-refractivity contribution in [3.05, 3.63) is 83.4 Å². The number of aliphatic hydroxyl groups excluding tert-OH is 1. The van der Waals surface area contributed by atoms with Gasteiger partial charge in [-0.05, 0) is 48.2 Å². The van der Waals surface area contributed by atoms with Gasteiger partial charge in [-0.1, -0.05) is 43.8 Å². The van der Waals surface area contributed by atoms with Crippen molar-refractivity contribution >= 4 is 17.4 Å². The minimum atomic E-state index is -0.684. The van der Waals surface area contributed by atoms with E-state index >= 15 is 0 Å². The molecule has 168 valence electrons. The van der Waals surface area contributed by atoms with E-state index in [1.807, 2.05) is 24.3 Å². The number of Topliss-reactive ketones (excluding diaryl/α,β-unsaturated/α-hetero) is 1. The fraction of sp³-hybridized carbons (Fsp3) is 0.308. The normalized spacial score (nSPS) is 17.6. The second-order valence-electron chi connectivity index (χ2n) is 7.56. The first-order chi connectivity index (χ1) is 15.5. The summed E-state index contributed by atoms with van der Waals surface area (Å²) in [5.41, 5.74) is 2.48. The summed E-state index contributed by atoms with van der Waals surface area (Å²) >= 11 is 0. The molecule has 1 atom stereocenters. The second kappa shape index (κ2) is 10.8. The highest BCUT2D eigenvalue weighted by atomic mass is 16.5. The molecule has 1 N–H and O–H groups in total. The number of carbonyl (C=O) groups excluding carboxylic acids is 2. The number of ketones is 1. The first kappa shape index (κ1) is 23.3. The number of rotatable bonds is 10.